The molecule has 3 nitrogen and oxygen atoms in total. The Bertz CT molecular complexity index is 246. The summed E-state index contributed by atoms with van der Waals surface area (Å²) in [6, 6.07) is 4.46. The van der Waals surface area contributed by atoms with Gasteiger partial charge >= 0.3 is 0 Å². The standard InChI is InChI=1S/C11H19N3/c1-4-12-11(9(2)3)8-10-6-5-7-13-14-10/h5-7,9,11-12H,4,8H2,1-3H3. The second kappa shape index (κ2) is 5.70. The second-order valence-corrected chi connectivity index (χ2v) is 3.83. The van der Waals surface area contributed by atoms with E-state index in [2.05, 4.69) is 36.3 Å². The lowest BCUT2D eigenvalue weighted by Crippen LogP contribution is -2.35. The van der Waals surface area contributed by atoms with Gasteiger partial charge in [-0.15, -0.1) is 0 Å². The van der Waals surface area contributed by atoms with Crippen LogP contribution in [0.5, 0.6) is 0 Å². The summed E-state index contributed by atoms with van der Waals surface area (Å²) in [4.78, 5) is 0. The van der Waals surface area contributed by atoms with Crippen molar-refractivity contribution in [3.63, 3.8) is 0 Å². The molecule has 0 aliphatic heterocycles. The molecule has 0 fully saturated rings. The molecule has 78 valence electrons. The molecular formula is C11H19N3. The molecule has 0 saturated heterocycles. The molecule has 0 bridgehead atoms. The van der Waals surface area contributed by atoms with Crippen LogP contribution in [0.15, 0.2) is 18.3 Å². The third-order valence-corrected chi connectivity index (χ3v) is 2.33. The Labute approximate surface area is 85.9 Å². The first-order valence-corrected chi connectivity index (χ1v) is 5.24. The third-order valence-electron chi connectivity index (χ3n) is 2.33. The van der Waals surface area contributed by atoms with Gasteiger partial charge in [0.15, 0.2) is 0 Å². The summed E-state index contributed by atoms with van der Waals surface area (Å²) in [5.74, 6) is 0.622. The Hall–Kier alpha value is -0.960. The Morgan fingerprint density at radius 1 is 1.43 bits per heavy atom. The van der Waals surface area contributed by atoms with Crippen molar-refractivity contribution < 1.29 is 0 Å². The van der Waals surface area contributed by atoms with E-state index < -0.39 is 0 Å². The number of hydrogen-bond acceptors (Lipinski definition) is 3. The van der Waals surface area contributed by atoms with Crippen molar-refractivity contribution in [1.82, 2.24) is 15.5 Å². The molecule has 14 heavy (non-hydrogen) atoms. The Kier molecular flexibility index (Phi) is 4.53. The van der Waals surface area contributed by atoms with Crippen molar-refractivity contribution in [2.45, 2.75) is 33.2 Å². The van der Waals surface area contributed by atoms with Crippen LogP contribution in [0, 0.1) is 5.92 Å². The summed E-state index contributed by atoms with van der Waals surface area (Å²) >= 11 is 0. The average molecular weight is 193 g/mol. The van der Waals surface area contributed by atoms with Gasteiger partial charge in [-0.05, 0) is 24.6 Å². The van der Waals surface area contributed by atoms with E-state index in [1.807, 2.05) is 12.1 Å². The van der Waals surface area contributed by atoms with E-state index in [9.17, 15) is 0 Å². The summed E-state index contributed by atoms with van der Waals surface area (Å²) in [5.41, 5.74) is 1.06. The Balaban J connectivity index is 2.55. The highest BCUT2D eigenvalue weighted by atomic mass is 15.1. The van der Waals surface area contributed by atoms with Gasteiger partial charge < -0.3 is 5.32 Å². The van der Waals surface area contributed by atoms with E-state index in [0.717, 1.165) is 18.7 Å². The van der Waals surface area contributed by atoms with Crippen molar-refractivity contribution in [1.29, 1.82) is 0 Å². The monoisotopic (exact) mass is 193 g/mol. The maximum Gasteiger partial charge on any atom is 0.0646 e. The summed E-state index contributed by atoms with van der Waals surface area (Å²) in [6.45, 7) is 7.59. The minimum Gasteiger partial charge on any atom is -0.314 e. The summed E-state index contributed by atoms with van der Waals surface area (Å²) in [5, 5.41) is 11.4. The fourth-order valence-corrected chi connectivity index (χ4v) is 1.47. The third kappa shape index (κ3) is 3.42. The van der Waals surface area contributed by atoms with Crippen LogP contribution in [0.1, 0.15) is 26.5 Å². The molecule has 0 aromatic carbocycles. The van der Waals surface area contributed by atoms with Crippen molar-refractivity contribution in [2.24, 2.45) is 5.92 Å². The predicted molar refractivity (Wildman–Crippen MR) is 58.0 cm³/mol. The first kappa shape index (κ1) is 11.1. The van der Waals surface area contributed by atoms with Crippen molar-refractivity contribution in [2.75, 3.05) is 6.54 Å². The van der Waals surface area contributed by atoms with Crippen molar-refractivity contribution >= 4 is 0 Å². The SMILES string of the molecule is CCNC(Cc1cccnn1)C(C)C. The van der Waals surface area contributed by atoms with Crippen LogP contribution < -0.4 is 5.32 Å². The van der Waals surface area contributed by atoms with Gasteiger partial charge in [-0.3, -0.25) is 0 Å². The number of hydrogen-bond donors (Lipinski definition) is 1. The smallest absolute Gasteiger partial charge is 0.0646 e. The minimum atomic E-state index is 0.497. The van der Waals surface area contributed by atoms with E-state index in [-0.39, 0.29) is 0 Å². The number of nitrogens with zero attached hydrogens (tertiary/aromatic N) is 2. The maximum absolute atomic E-state index is 4.09. The molecular weight excluding hydrogens is 174 g/mol. The molecule has 0 radical (unpaired) electrons. The van der Waals surface area contributed by atoms with Crippen LogP contribution in [0.2, 0.25) is 0 Å². The zero-order valence-corrected chi connectivity index (χ0v) is 9.20. The molecule has 0 spiro atoms. The largest absolute Gasteiger partial charge is 0.314 e. The van der Waals surface area contributed by atoms with Crippen LogP contribution in [0.3, 0.4) is 0 Å². The number of aromatic nitrogens is 2. The first-order valence-electron chi connectivity index (χ1n) is 5.24. The van der Waals surface area contributed by atoms with E-state index in [1.54, 1.807) is 6.20 Å². The van der Waals surface area contributed by atoms with Gasteiger partial charge in [0.05, 0.1) is 5.69 Å². The molecule has 1 aromatic heterocycles. The number of likely N-dealkylation sites (N-methyl/N-ethyl adjacent to an activating group) is 1. The van der Waals surface area contributed by atoms with Crippen LogP contribution in [0.25, 0.3) is 0 Å². The van der Waals surface area contributed by atoms with Crippen LogP contribution >= 0.6 is 0 Å². The van der Waals surface area contributed by atoms with Crippen LogP contribution in [0.4, 0.5) is 0 Å². The molecule has 0 aliphatic rings. The van der Waals surface area contributed by atoms with Gasteiger partial charge in [0.2, 0.25) is 0 Å². The van der Waals surface area contributed by atoms with Crippen molar-refractivity contribution in [3.05, 3.63) is 24.0 Å². The van der Waals surface area contributed by atoms with Gasteiger partial charge in [-0.25, -0.2) is 0 Å². The fraction of sp³-hybridized carbons (Fsp3) is 0.636. The molecule has 1 heterocycles. The molecule has 1 unspecified atom stereocenters. The summed E-state index contributed by atoms with van der Waals surface area (Å²) < 4.78 is 0. The van der Waals surface area contributed by atoms with Gasteiger partial charge in [0.1, 0.15) is 0 Å². The zero-order valence-electron chi connectivity index (χ0n) is 9.20. The Morgan fingerprint density at radius 3 is 2.71 bits per heavy atom. The lowest BCUT2D eigenvalue weighted by molar-refractivity contribution is 0.401. The molecule has 1 aromatic rings. The molecule has 3 heteroatoms. The van der Waals surface area contributed by atoms with Crippen LogP contribution in [-0.2, 0) is 6.42 Å². The van der Waals surface area contributed by atoms with Gasteiger partial charge in [-0.2, -0.15) is 10.2 Å². The number of nitrogens with one attached hydrogen (secondary N) is 1. The maximum atomic E-state index is 4.09. The van der Waals surface area contributed by atoms with Gasteiger partial charge in [-0.1, -0.05) is 20.8 Å². The van der Waals surface area contributed by atoms with E-state index in [1.165, 1.54) is 0 Å². The van der Waals surface area contributed by atoms with Crippen molar-refractivity contribution in [3.8, 4) is 0 Å². The van der Waals surface area contributed by atoms with E-state index in [4.69, 9.17) is 0 Å². The fourth-order valence-electron chi connectivity index (χ4n) is 1.47. The molecule has 0 aliphatic carbocycles. The molecule has 1 atom stereocenters. The normalized spacial score (nSPS) is 13.1. The highest BCUT2D eigenvalue weighted by Gasteiger charge is 2.12. The quantitative estimate of drug-likeness (QED) is 0.772. The molecule has 1 rings (SSSR count). The highest BCUT2D eigenvalue weighted by molar-refractivity contribution is 5.01. The summed E-state index contributed by atoms with van der Waals surface area (Å²) in [6.07, 6.45) is 2.67. The van der Waals surface area contributed by atoms with Crippen LogP contribution in [-0.4, -0.2) is 22.8 Å². The first-order chi connectivity index (χ1) is 6.74. The summed E-state index contributed by atoms with van der Waals surface area (Å²) in [7, 11) is 0. The lowest BCUT2D eigenvalue weighted by atomic mass is 9.99. The number of rotatable bonds is 5. The second-order valence-electron chi connectivity index (χ2n) is 3.83. The molecule has 0 saturated carbocycles. The highest BCUT2D eigenvalue weighted by Crippen LogP contribution is 2.07. The van der Waals surface area contributed by atoms with E-state index in [0.29, 0.717) is 12.0 Å². The predicted octanol–water partition coefficient (Wildman–Crippen LogP) is 1.65. The zero-order chi connectivity index (χ0) is 10.4. The van der Waals surface area contributed by atoms with E-state index >= 15 is 0 Å². The minimum absolute atomic E-state index is 0.497. The molecule has 0 amide bonds. The molecule has 1 N–H and O–H groups in total. The lowest BCUT2D eigenvalue weighted by Gasteiger charge is -2.20. The topological polar surface area (TPSA) is 37.8 Å². The van der Waals surface area contributed by atoms with Gasteiger partial charge in [0.25, 0.3) is 0 Å². The Morgan fingerprint density at radius 2 is 2.21 bits per heavy atom. The average Bonchev–Trinajstić information content (AvgIpc) is 2.18. The van der Waals surface area contributed by atoms with Gasteiger partial charge in [0, 0.05) is 18.7 Å².